The van der Waals surface area contributed by atoms with Gasteiger partial charge in [-0.2, -0.15) is 0 Å². The van der Waals surface area contributed by atoms with Crippen molar-refractivity contribution in [3.05, 3.63) is 85.8 Å². The van der Waals surface area contributed by atoms with E-state index in [0.29, 0.717) is 30.7 Å². The minimum Gasteiger partial charge on any atom is -0.496 e. The zero-order chi connectivity index (χ0) is 21.5. The summed E-state index contributed by atoms with van der Waals surface area (Å²) in [7, 11) is 1.59. The summed E-state index contributed by atoms with van der Waals surface area (Å²) in [4.78, 5) is 13.7. The molecule has 1 amide bonds. The molecule has 2 aromatic carbocycles. The fraction of sp³-hybridized carbons (Fsp3) is 0.182. The van der Waals surface area contributed by atoms with E-state index in [1.165, 1.54) is 12.1 Å². The Labute approximate surface area is 186 Å². The van der Waals surface area contributed by atoms with Crippen LogP contribution in [0.15, 0.2) is 58.4 Å². The predicted octanol–water partition coefficient (Wildman–Crippen LogP) is 4.90. The van der Waals surface area contributed by atoms with Crippen LogP contribution in [0.25, 0.3) is 0 Å². The topological polar surface area (TPSA) is 74.2 Å². The summed E-state index contributed by atoms with van der Waals surface area (Å²) in [5.74, 6) is -0.388. The number of nitrogens with one attached hydrogen (secondary N) is 3. The van der Waals surface area contributed by atoms with E-state index in [2.05, 4.69) is 26.6 Å². The largest absolute Gasteiger partial charge is 0.496 e. The molecule has 0 radical (unpaired) electrons. The Morgan fingerprint density at radius 2 is 2.03 bits per heavy atom. The van der Waals surface area contributed by atoms with Crippen molar-refractivity contribution in [2.24, 2.45) is 0 Å². The minimum absolute atomic E-state index is 0.128. The number of guanidine groups is 1. The van der Waals surface area contributed by atoms with E-state index >= 15 is 0 Å². The smallest absolute Gasteiger partial charge is 0.258 e. The molecule has 3 aromatic rings. The van der Waals surface area contributed by atoms with Gasteiger partial charge >= 0.3 is 0 Å². The van der Waals surface area contributed by atoms with Crippen LogP contribution >= 0.6 is 27.3 Å². The van der Waals surface area contributed by atoms with Crippen LogP contribution in [0, 0.1) is 11.2 Å². The molecule has 0 saturated heterocycles. The number of benzene rings is 2. The average Bonchev–Trinajstić information content (AvgIpc) is 3.25. The van der Waals surface area contributed by atoms with E-state index in [0.717, 1.165) is 14.9 Å². The number of methoxy groups -OCH3 is 1. The first-order valence-corrected chi connectivity index (χ1v) is 10.9. The highest BCUT2D eigenvalue weighted by Gasteiger charge is 2.17. The number of halogens is 2. The van der Waals surface area contributed by atoms with Crippen LogP contribution in [0.2, 0.25) is 0 Å². The summed E-state index contributed by atoms with van der Waals surface area (Å²) < 4.78 is 20.8. The number of ether oxygens (including phenoxy) is 1. The Kier molecular flexibility index (Phi) is 7.59. The standard InChI is InChI=1S/C22H21BrFN3O2S/c1-29-20-10-8-15(23)12-14(20)7-9-17-18(5-2-6-19(17)24)21(28)27-22(25)26-13-16-4-3-11-30-16/h2-6,8,10-12H,7,9,13H2,1H3,(H3,25,26,27,28). The van der Waals surface area contributed by atoms with Crippen molar-refractivity contribution in [1.82, 2.24) is 10.6 Å². The van der Waals surface area contributed by atoms with E-state index in [1.807, 2.05) is 35.7 Å². The molecule has 0 atom stereocenters. The fourth-order valence-electron chi connectivity index (χ4n) is 3.04. The van der Waals surface area contributed by atoms with Crippen LogP contribution in [0.3, 0.4) is 0 Å². The quantitative estimate of drug-likeness (QED) is 0.326. The summed E-state index contributed by atoms with van der Waals surface area (Å²) in [5, 5.41) is 15.2. The van der Waals surface area contributed by atoms with Gasteiger partial charge < -0.3 is 10.1 Å². The number of hydrogen-bond acceptors (Lipinski definition) is 4. The SMILES string of the molecule is COc1ccc(Br)cc1CCc1c(F)cccc1C(=O)NC(=N)NCc1cccs1. The maximum Gasteiger partial charge on any atom is 0.258 e. The zero-order valence-electron chi connectivity index (χ0n) is 16.3. The van der Waals surface area contributed by atoms with Crippen LogP contribution < -0.4 is 15.4 Å². The summed E-state index contributed by atoms with van der Waals surface area (Å²) in [6, 6.07) is 13.9. The van der Waals surface area contributed by atoms with Gasteiger partial charge in [-0.25, -0.2) is 4.39 Å². The van der Waals surface area contributed by atoms with Crippen LogP contribution in [0.1, 0.15) is 26.4 Å². The van der Waals surface area contributed by atoms with Crippen molar-refractivity contribution in [3.63, 3.8) is 0 Å². The number of thiophene rings is 1. The highest BCUT2D eigenvalue weighted by atomic mass is 79.9. The third-order valence-corrected chi connectivity index (χ3v) is 5.88. The molecular formula is C22H21BrFN3O2S. The van der Waals surface area contributed by atoms with Crippen LogP contribution in [-0.2, 0) is 19.4 Å². The maximum absolute atomic E-state index is 14.6. The molecule has 8 heteroatoms. The Bertz CT molecular complexity index is 1040. The molecule has 30 heavy (non-hydrogen) atoms. The maximum atomic E-state index is 14.6. The van der Waals surface area contributed by atoms with Crippen LogP contribution in [0.5, 0.6) is 5.75 Å². The number of carbonyl (C=O) groups is 1. The molecular weight excluding hydrogens is 469 g/mol. The molecule has 0 saturated carbocycles. The van der Waals surface area contributed by atoms with Gasteiger partial charge in [0.2, 0.25) is 0 Å². The van der Waals surface area contributed by atoms with E-state index in [-0.39, 0.29) is 11.5 Å². The molecule has 3 rings (SSSR count). The van der Waals surface area contributed by atoms with Gasteiger partial charge in [0.05, 0.1) is 13.7 Å². The highest BCUT2D eigenvalue weighted by Crippen LogP contribution is 2.25. The normalized spacial score (nSPS) is 10.5. The first kappa shape index (κ1) is 22.0. The molecule has 0 aliphatic carbocycles. The van der Waals surface area contributed by atoms with Gasteiger partial charge in [0.1, 0.15) is 11.6 Å². The first-order valence-electron chi connectivity index (χ1n) is 9.24. The molecule has 5 nitrogen and oxygen atoms in total. The van der Waals surface area contributed by atoms with E-state index in [1.54, 1.807) is 24.5 Å². The van der Waals surface area contributed by atoms with Crippen molar-refractivity contribution in [2.45, 2.75) is 19.4 Å². The van der Waals surface area contributed by atoms with Crippen LogP contribution in [-0.4, -0.2) is 19.0 Å². The molecule has 1 heterocycles. The fourth-order valence-corrected chi connectivity index (χ4v) is 4.09. The third kappa shape index (κ3) is 5.67. The lowest BCUT2D eigenvalue weighted by atomic mass is 9.98. The van der Waals surface area contributed by atoms with Crippen molar-refractivity contribution in [3.8, 4) is 5.75 Å². The molecule has 3 N–H and O–H groups in total. The Balaban J connectivity index is 1.70. The molecule has 0 spiro atoms. The van der Waals surface area contributed by atoms with Crippen LogP contribution in [0.4, 0.5) is 4.39 Å². The number of aryl methyl sites for hydroxylation is 1. The molecule has 0 unspecified atom stereocenters. The monoisotopic (exact) mass is 489 g/mol. The van der Waals surface area contributed by atoms with Gasteiger partial charge in [-0.05, 0) is 60.2 Å². The second-order valence-electron chi connectivity index (χ2n) is 6.48. The molecule has 156 valence electrons. The number of carbonyl (C=O) groups excluding carboxylic acids is 1. The Morgan fingerprint density at radius 1 is 1.20 bits per heavy atom. The van der Waals surface area contributed by atoms with Crippen molar-refractivity contribution < 1.29 is 13.9 Å². The van der Waals surface area contributed by atoms with Gasteiger partial charge in [-0.3, -0.25) is 15.5 Å². The zero-order valence-corrected chi connectivity index (χ0v) is 18.7. The van der Waals surface area contributed by atoms with Gasteiger partial charge in [0.25, 0.3) is 5.91 Å². The third-order valence-electron chi connectivity index (χ3n) is 4.51. The summed E-state index contributed by atoms with van der Waals surface area (Å²) in [5.41, 5.74) is 1.43. The molecule has 0 bridgehead atoms. The minimum atomic E-state index is -0.519. The first-order chi connectivity index (χ1) is 14.5. The summed E-state index contributed by atoms with van der Waals surface area (Å²) >= 11 is 4.99. The number of amides is 1. The molecule has 0 aliphatic heterocycles. The lowest BCUT2D eigenvalue weighted by molar-refractivity contribution is 0.0974. The van der Waals surface area contributed by atoms with E-state index < -0.39 is 11.7 Å². The highest BCUT2D eigenvalue weighted by molar-refractivity contribution is 9.10. The van der Waals surface area contributed by atoms with Crippen molar-refractivity contribution in [1.29, 1.82) is 5.41 Å². The number of hydrogen-bond donors (Lipinski definition) is 3. The second-order valence-corrected chi connectivity index (χ2v) is 8.43. The second kappa shape index (κ2) is 10.4. The molecule has 1 aromatic heterocycles. The lowest BCUT2D eigenvalue weighted by Gasteiger charge is -2.14. The van der Waals surface area contributed by atoms with Crippen molar-refractivity contribution in [2.75, 3.05) is 7.11 Å². The predicted molar refractivity (Wildman–Crippen MR) is 121 cm³/mol. The van der Waals surface area contributed by atoms with Gasteiger partial charge in [-0.1, -0.05) is 28.1 Å². The Hall–Kier alpha value is -2.71. The average molecular weight is 490 g/mol. The van der Waals surface area contributed by atoms with E-state index in [9.17, 15) is 9.18 Å². The summed E-state index contributed by atoms with van der Waals surface area (Å²) in [6.07, 6.45) is 0.816. The number of rotatable bonds is 7. The van der Waals surface area contributed by atoms with Gasteiger partial charge in [0.15, 0.2) is 5.96 Å². The van der Waals surface area contributed by atoms with Gasteiger partial charge in [-0.15, -0.1) is 11.3 Å². The Morgan fingerprint density at radius 3 is 2.77 bits per heavy atom. The molecule has 0 fully saturated rings. The lowest BCUT2D eigenvalue weighted by Crippen LogP contribution is -2.40. The van der Waals surface area contributed by atoms with E-state index in [4.69, 9.17) is 10.1 Å². The van der Waals surface area contributed by atoms with Gasteiger partial charge in [0, 0.05) is 20.5 Å². The summed E-state index contributed by atoms with van der Waals surface area (Å²) in [6.45, 7) is 0.440. The molecule has 0 aliphatic rings. The van der Waals surface area contributed by atoms with Crippen molar-refractivity contribution >= 4 is 39.1 Å².